The number of benzene rings is 1. The lowest BCUT2D eigenvalue weighted by Crippen LogP contribution is -2.42. The Morgan fingerprint density at radius 3 is 2.86 bits per heavy atom. The third-order valence-corrected chi connectivity index (χ3v) is 3.67. The lowest BCUT2D eigenvalue weighted by molar-refractivity contribution is 0.0924. The third kappa shape index (κ3) is 3.84. The third-order valence-electron chi connectivity index (χ3n) is 3.67. The van der Waals surface area contributed by atoms with Crippen molar-refractivity contribution in [3.05, 3.63) is 41.7 Å². The van der Waals surface area contributed by atoms with Gasteiger partial charge in [-0.15, -0.1) is 17.5 Å². The van der Waals surface area contributed by atoms with Crippen LogP contribution in [0.5, 0.6) is 0 Å². The number of aryl methyl sites for hydroxylation is 1. The summed E-state index contributed by atoms with van der Waals surface area (Å²) in [6.07, 6.45) is 3.58. The van der Waals surface area contributed by atoms with Gasteiger partial charge < -0.3 is 10.6 Å². The van der Waals surface area contributed by atoms with Crippen LogP contribution in [-0.4, -0.2) is 40.0 Å². The second-order valence-electron chi connectivity index (χ2n) is 5.39. The number of hydrogen-bond acceptors (Lipinski definition) is 4. The second-order valence-corrected chi connectivity index (χ2v) is 5.39. The highest BCUT2D eigenvalue weighted by atomic mass is 35.5. The van der Waals surface area contributed by atoms with Crippen LogP contribution < -0.4 is 10.6 Å². The first-order valence-electron chi connectivity index (χ1n) is 7.23. The number of nitrogens with one attached hydrogen (secondary N) is 2. The molecule has 0 atom stereocenters. The van der Waals surface area contributed by atoms with Crippen molar-refractivity contribution < 1.29 is 4.79 Å². The summed E-state index contributed by atoms with van der Waals surface area (Å²) in [4.78, 5) is 12.2. The predicted molar refractivity (Wildman–Crippen MR) is 86.7 cm³/mol. The minimum Gasteiger partial charge on any atom is -0.348 e. The van der Waals surface area contributed by atoms with Gasteiger partial charge in [0.2, 0.25) is 0 Å². The molecule has 1 aliphatic rings. The van der Waals surface area contributed by atoms with Gasteiger partial charge in [-0.3, -0.25) is 4.79 Å². The van der Waals surface area contributed by atoms with Crippen LogP contribution in [0, 0.1) is 6.92 Å². The molecule has 22 heavy (non-hydrogen) atoms. The predicted octanol–water partition coefficient (Wildman–Crippen LogP) is 1.48. The van der Waals surface area contributed by atoms with Crippen LogP contribution >= 0.6 is 12.4 Å². The number of nitrogens with zero attached hydrogens (tertiary/aromatic N) is 3. The van der Waals surface area contributed by atoms with Crippen LogP contribution in [0.25, 0.3) is 5.69 Å². The highest BCUT2D eigenvalue weighted by molar-refractivity contribution is 5.92. The summed E-state index contributed by atoms with van der Waals surface area (Å²) in [5, 5.41) is 14.3. The first-order valence-corrected chi connectivity index (χ1v) is 7.23. The molecule has 1 fully saturated rings. The topological polar surface area (TPSA) is 71.8 Å². The highest BCUT2D eigenvalue weighted by Gasteiger charge is 2.18. The molecule has 0 unspecified atom stereocenters. The van der Waals surface area contributed by atoms with Crippen molar-refractivity contribution in [2.75, 3.05) is 13.1 Å². The van der Waals surface area contributed by atoms with Crippen molar-refractivity contribution in [3.63, 3.8) is 0 Å². The maximum absolute atomic E-state index is 12.2. The molecule has 1 aliphatic heterocycles. The van der Waals surface area contributed by atoms with E-state index in [4.69, 9.17) is 0 Å². The Balaban J connectivity index is 0.00000176. The van der Waals surface area contributed by atoms with E-state index in [1.165, 1.54) is 0 Å². The fraction of sp³-hybridized carbons (Fsp3) is 0.400. The molecule has 0 bridgehead atoms. The molecule has 0 saturated carbocycles. The van der Waals surface area contributed by atoms with Gasteiger partial charge >= 0.3 is 0 Å². The standard InChI is InChI=1S/C15H19N5O.ClH/c1-11-3-2-4-13(9-11)20-10-14(18-19-20)15(21)17-12-5-7-16-8-6-12;/h2-4,9-10,12,16H,5-8H2,1H3,(H,17,21);1H. The number of rotatable bonds is 3. The molecule has 1 saturated heterocycles. The summed E-state index contributed by atoms with van der Waals surface area (Å²) < 4.78 is 1.63. The van der Waals surface area contributed by atoms with Gasteiger partial charge in [0, 0.05) is 6.04 Å². The maximum Gasteiger partial charge on any atom is 0.273 e. The molecule has 3 rings (SSSR count). The first-order chi connectivity index (χ1) is 10.2. The van der Waals surface area contributed by atoms with E-state index < -0.39 is 0 Å². The molecule has 1 aromatic carbocycles. The largest absolute Gasteiger partial charge is 0.348 e. The number of halogens is 1. The lowest BCUT2D eigenvalue weighted by Gasteiger charge is -2.23. The van der Waals surface area contributed by atoms with E-state index in [1.54, 1.807) is 10.9 Å². The van der Waals surface area contributed by atoms with Crippen molar-refractivity contribution in [2.24, 2.45) is 0 Å². The molecule has 118 valence electrons. The summed E-state index contributed by atoms with van der Waals surface area (Å²) in [6, 6.07) is 8.15. The van der Waals surface area contributed by atoms with Gasteiger partial charge in [0.25, 0.3) is 5.91 Å². The minimum absolute atomic E-state index is 0. The molecule has 2 aromatic rings. The van der Waals surface area contributed by atoms with E-state index in [0.717, 1.165) is 37.2 Å². The average molecular weight is 322 g/mol. The zero-order valence-corrected chi connectivity index (χ0v) is 13.3. The number of amides is 1. The molecule has 0 radical (unpaired) electrons. The quantitative estimate of drug-likeness (QED) is 0.898. The zero-order valence-electron chi connectivity index (χ0n) is 12.5. The Morgan fingerprint density at radius 1 is 1.36 bits per heavy atom. The summed E-state index contributed by atoms with van der Waals surface area (Å²) in [5.41, 5.74) is 2.40. The minimum atomic E-state index is -0.152. The van der Waals surface area contributed by atoms with Gasteiger partial charge in [-0.2, -0.15) is 0 Å². The van der Waals surface area contributed by atoms with Crippen molar-refractivity contribution in [1.82, 2.24) is 25.6 Å². The molecule has 2 heterocycles. The highest BCUT2D eigenvalue weighted by Crippen LogP contribution is 2.10. The fourth-order valence-corrected chi connectivity index (χ4v) is 2.49. The van der Waals surface area contributed by atoms with E-state index in [0.29, 0.717) is 5.69 Å². The van der Waals surface area contributed by atoms with Gasteiger partial charge in [-0.25, -0.2) is 4.68 Å². The van der Waals surface area contributed by atoms with Crippen molar-refractivity contribution in [1.29, 1.82) is 0 Å². The Labute approximate surface area is 135 Å². The Hall–Kier alpha value is -1.92. The molecule has 1 aromatic heterocycles. The van der Waals surface area contributed by atoms with Gasteiger partial charge in [-0.05, 0) is 50.6 Å². The smallest absolute Gasteiger partial charge is 0.273 e. The summed E-state index contributed by atoms with van der Waals surface area (Å²) in [6.45, 7) is 3.91. The number of carbonyl (C=O) groups is 1. The molecular weight excluding hydrogens is 302 g/mol. The molecule has 0 aliphatic carbocycles. The maximum atomic E-state index is 12.2. The first kappa shape index (κ1) is 16.5. The molecule has 7 heteroatoms. The van der Waals surface area contributed by atoms with Gasteiger partial charge in [0.05, 0.1) is 11.9 Å². The average Bonchev–Trinajstić information content (AvgIpc) is 2.98. The lowest BCUT2D eigenvalue weighted by atomic mass is 10.1. The monoisotopic (exact) mass is 321 g/mol. The Morgan fingerprint density at radius 2 is 2.14 bits per heavy atom. The molecular formula is C15H20ClN5O. The summed E-state index contributed by atoms with van der Waals surface area (Å²) >= 11 is 0. The zero-order chi connectivity index (χ0) is 14.7. The van der Waals surface area contributed by atoms with E-state index in [2.05, 4.69) is 20.9 Å². The Bertz CT molecular complexity index is 636. The van der Waals surface area contributed by atoms with Gasteiger partial charge in [0.1, 0.15) is 0 Å². The van der Waals surface area contributed by atoms with E-state index in [9.17, 15) is 4.79 Å². The van der Waals surface area contributed by atoms with Crippen molar-refractivity contribution in [2.45, 2.75) is 25.8 Å². The summed E-state index contributed by atoms with van der Waals surface area (Å²) in [7, 11) is 0. The van der Waals surface area contributed by atoms with Crippen LogP contribution in [-0.2, 0) is 0 Å². The van der Waals surface area contributed by atoms with Crippen LogP contribution in [0.15, 0.2) is 30.5 Å². The van der Waals surface area contributed by atoms with Crippen LogP contribution in [0.2, 0.25) is 0 Å². The number of aromatic nitrogens is 3. The van der Waals surface area contributed by atoms with Crippen LogP contribution in [0.4, 0.5) is 0 Å². The van der Waals surface area contributed by atoms with Crippen molar-refractivity contribution in [3.8, 4) is 5.69 Å². The van der Waals surface area contributed by atoms with Gasteiger partial charge in [-0.1, -0.05) is 17.3 Å². The second kappa shape index (κ2) is 7.38. The Kier molecular flexibility index (Phi) is 5.51. The SMILES string of the molecule is Cc1cccc(-n2cc(C(=O)NC3CCNCC3)nn2)c1.Cl. The van der Waals surface area contributed by atoms with Gasteiger partial charge in [0.15, 0.2) is 5.69 Å². The number of hydrogen-bond donors (Lipinski definition) is 2. The van der Waals surface area contributed by atoms with Crippen LogP contribution in [0.3, 0.4) is 0 Å². The fourth-order valence-electron chi connectivity index (χ4n) is 2.49. The number of piperidine rings is 1. The van der Waals surface area contributed by atoms with E-state index in [-0.39, 0.29) is 24.4 Å². The molecule has 0 spiro atoms. The molecule has 1 amide bonds. The van der Waals surface area contributed by atoms with E-state index in [1.807, 2.05) is 31.2 Å². The summed E-state index contributed by atoms with van der Waals surface area (Å²) in [5.74, 6) is -0.152. The van der Waals surface area contributed by atoms with Crippen molar-refractivity contribution >= 4 is 18.3 Å². The van der Waals surface area contributed by atoms with E-state index >= 15 is 0 Å². The normalized spacial score (nSPS) is 15.1. The van der Waals surface area contributed by atoms with Crippen LogP contribution in [0.1, 0.15) is 28.9 Å². The molecule has 6 nitrogen and oxygen atoms in total. The molecule has 2 N–H and O–H groups in total. The number of carbonyl (C=O) groups excluding carboxylic acids is 1.